The van der Waals surface area contributed by atoms with E-state index < -0.39 is 0 Å². The van der Waals surface area contributed by atoms with E-state index in [-0.39, 0.29) is 11.7 Å². The van der Waals surface area contributed by atoms with E-state index in [0.717, 1.165) is 6.42 Å². The summed E-state index contributed by atoms with van der Waals surface area (Å²) in [5.74, 6) is 0.220. The van der Waals surface area contributed by atoms with Gasteiger partial charge in [-0.25, -0.2) is 0 Å². The summed E-state index contributed by atoms with van der Waals surface area (Å²) in [6, 6.07) is 3.10. The summed E-state index contributed by atoms with van der Waals surface area (Å²) in [5.41, 5.74) is 0. The second-order valence-corrected chi connectivity index (χ2v) is 4.67. The fourth-order valence-electron chi connectivity index (χ4n) is 0.988. The van der Waals surface area contributed by atoms with Crippen molar-refractivity contribution in [2.75, 3.05) is 0 Å². The smallest absolute Gasteiger partial charge is 0.311 e. The SMILES string of the molecule is CCCC(=O)Oc1cc(Br)c(O)c(Br)c1. The van der Waals surface area contributed by atoms with E-state index in [1.807, 2.05) is 6.92 Å². The summed E-state index contributed by atoms with van der Waals surface area (Å²) in [5, 5.41) is 9.43. The third-order valence-corrected chi connectivity index (χ3v) is 2.89. The molecule has 0 unspecified atom stereocenters. The zero-order valence-electron chi connectivity index (χ0n) is 8.09. The molecule has 0 bridgehead atoms. The molecule has 0 spiro atoms. The van der Waals surface area contributed by atoms with E-state index in [9.17, 15) is 9.90 Å². The maximum absolute atomic E-state index is 11.2. The number of hydrogen-bond donors (Lipinski definition) is 1. The molecule has 0 aliphatic heterocycles. The number of esters is 1. The number of ether oxygens (including phenoxy) is 1. The van der Waals surface area contributed by atoms with Crippen LogP contribution in [0.15, 0.2) is 21.1 Å². The van der Waals surface area contributed by atoms with Gasteiger partial charge < -0.3 is 9.84 Å². The molecule has 1 rings (SSSR count). The molecule has 0 atom stereocenters. The minimum atomic E-state index is -0.276. The Morgan fingerprint density at radius 2 is 1.93 bits per heavy atom. The van der Waals surface area contributed by atoms with Crippen LogP contribution in [0.25, 0.3) is 0 Å². The van der Waals surface area contributed by atoms with Gasteiger partial charge in [-0.15, -0.1) is 0 Å². The number of benzene rings is 1. The second-order valence-electron chi connectivity index (χ2n) is 2.96. The number of carbonyl (C=O) groups excluding carboxylic acids is 1. The quantitative estimate of drug-likeness (QED) is 0.676. The van der Waals surface area contributed by atoms with Gasteiger partial charge in [-0.05, 0) is 50.4 Å². The molecule has 0 heterocycles. The molecule has 0 aromatic heterocycles. The molecular formula is C10H10Br2O3. The molecule has 0 saturated carbocycles. The Morgan fingerprint density at radius 3 is 2.40 bits per heavy atom. The fourth-order valence-corrected chi connectivity index (χ4v) is 2.13. The lowest BCUT2D eigenvalue weighted by molar-refractivity contribution is -0.134. The number of phenolic OH excluding ortho intramolecular Hbond substituents is 1. The normalized spacial score (nSPS) is 10.1. The van der Waals surface area contributed by atoms with Gasteiger partial charge in [-0.2, -0.15) is 0 Å². The molecule has 15 heavy (non-hydrogen) atoms. The summed E-state index contributed by atoms with van der Waals surface area (Å²) in [6.07, 6.45) is 1.13. The van der Waals surface area contributed by atoms with Crippen molar-refractivity contribution < 1.29 is 14.6 Å². The van der Waals surface area contributed by atoms with Gasteiger partial charge in [0.2, 0.25) is 0 Å². The summed E-state index contributed by atoms with van der Waals surface area (Å²) in [7, 11) is 0. The van der Waals surface area contributed by atoms with Crippen LogP contribution in [0, 0.1) is 0 Å². The van der Waals surface area contributed by atoms with E-state index in [2.05, 4.69) is 31.9 Å². The predicted molar refractivity (Wildman–Crippen MR) is 64.0 cm³/mol. The standard InChI is InChI=1S/C10H10Br2O3/c1-2-3-9(13)15-6-4-7(11)10(14)8(12)5-6/h4-5,14H,2-3H2,1H3. The van der Waals surface area contributed by atoms with Gasteiger partial charge in [0.05, 0.1) is 8.95 Å². The molecule has 82 valence electrons. The van der Waals surface area contributed by atoms with Crippen molar-refractivity contribution in [1.82, 2.24) is 0 Å². The highest BCUT2D eigenvalue weighted by Gasteiger charge is 2.09. The van der Waals surface area contributed by atoms with E-state index >= 15 is 0 Å². The van der Waals surface area contributed by atoms with E-state index in [1.54, 1.807) is 12.1 Å². The Kier molecular flexibility index (Phi) is 4.60. The Bertz CT molecular complexity index is 354. The van der Waals surface area contributed by atoms with Gasteiger partial charge in [-0.3, -0.25) is 4.79 Å². The van der Waals surface area contributed by atoms with E-state index in [4.69, 9.17) is 4.74 Å². The first-order valence-corrected chi connectivity index (χ1v) is 6.02. The van der Waals surface area contributed by atoms with Gasteiger partial charge in [0.1, 0.15) is 11.5 Å². The van der Waals surface area contributed by atoms with Gasteiger partial charge in [-0.1, -0.05) is 6.92 Å². The molecular weight excluding hydrogens is 328 g/mol. The maximum Gasteiger partial charge on any atom is 0.311 e. The van der Waals surface area contributed by atoms with Crippen molar-refractivity contribution in [2.24, 2.45) is 0 Å². The minimum Gasteiger partial charge on any atom is -0.506 e. The van der Waals surface area contributed by atoms with Crippen LogP contribution in [0.3, 0.4) is 0 Å². The minimum absolute atomic E-state index is 0.0882. The van der Waals surface area contributed by atoms with Crippen LogP contribution in [0.5, 0.6) is 11.5 Å². The van der Waals surface area contributed by atoms with Crippen molar-refractivity contribution in [3.8, 4) is 11.5 Å². The van der Waals surface area contributed by atoms with Crippen molar-refractivity contribution in [3.63, 3.8) is 0 Å². The number of phenols is 1. The molecule has 0 fully saturated rings. The summed E-state index contributed by atoms with van der Waals surface area (Å²) < 4.78 is 6.03. The first kappa shape index (κ1) is 12.5. The van der Waals surface area contributed by atoms with Crippen LogP contribution < -0.4 is 4.74 Å². The number of rotatable bonds is 3. The van der Waals surface area contributed by atoms with Gasteiger partial charge in [0.25, 0.3) is 0 Å². The van der Waals surface area contributed by atoms with Crippen molar-refractivity contribution in [1.29, 1.82) is 0 Å². The molecule has 1 N–H and O–H groups in total. The third kappa shape index (κ3) is 3.50. The average molecular weight is 338 g/mol. The highest BCUT2D eigenvalue weighted by molar-refractivity contribution is 9.11. The lowest BCUT2D eigenvalue weighted by Crippen LogP contribution is -2.06. The molecule has 0 saturated heterocycles. The van der Waals surface area contributed by atoms with Crippen LogP contribution in [-0.4, -0.2) is 11.1 Å². The molecule has 0 amide bonds. The number of aromatic hydroxyl groups is 1. The van der Waals surface area contributed by atoms with Crippen LogP contribution in [0.1, 0.15) is 19.8 Å². The first-order valence-electron chi connectivity index (χ1n) is 4.43. The summed E-state index contributed by atoms with van der Waals surface area (Å²) in [4.78, 5) is 11.2. The lowest BCUT2D eigenvalue weighted by atomic mass is 10.3. The third-order valence-electron chi connectivity index (χ3n) is 1.68. The topological polar surface area (TPSA) is 46.5 Å². The highest BCUT2D eigenvalue weighted by Crippen LogP contribution is 2.36. The van der Waals surface area contributed by atoms with Crippen molar-refractivity contribution >= 4 is 37.8 Å². The maximum atomic E-state index is 11.2. The number of carbonyl (C=O) groups is 1. The second kappa shape index (κ2) is 5.51. The molecule has 0 radical (unpaired) electrons. The predicted octanol–water partition coefficient (Wildman–Crippen LogP) is 3.62. The fraction of sp³-hybridized carbons (Fsp3) is 0.300. The molecule has 3 nitrogen and oxygen atoms in total. The van der Waals surface area contributed by atoms with Crippen molar-refractivity contribution in [2.45, 2.75) is 19.8 Å². The molecule has 0 aliphatic rings. The largest absolute Gasteiger partial charge is 0.506 e. The summed E-state index contributed by atoms with van der Waals surface area (Å²) >= 11 is 6.31. The molecule has 1 aromatic rings. The number of halogens is 2. The Hall–Kier alpha value is -0.550. The van der Waals surface area contributed by atoms with E-state index in [0.29, 0.717) is 21.1 Å². The Labute approximate surface area is 105 Å². The molecule has 0 aliphatic carbocycles. The van der Waals surface area contributed by atoms with Crippen LogP contribution >= 0.6 is 31.9 Å². The van der Waals surface area contributed by atoms with Crippen molar-refractivity contribution in [3.05, 3.63) is 21.1 Å². The highest BCUT2D eigenvalue weighted by atomic mass is 79.9. The van der Waals surface area contributed by atoms with Gasteiger partial charge >= 0.3 is 5.97 Å². The number of hydrogen-bond acceptors (Lipinski definition) is 3. The zero-order valence-corrected chi connectivity index (χ0v) is 11.3. The van der Waals surface area contributed by atoms with E-state index in [1.165, 1.54) is 0 Å². The van der Waals surface area contributed by atoms with Crippen LogP contribution in [-0.2, 0) is 4.79 Å². The zero-order chi connectivity index (χ0) is 11.4. The van der Waals surface area contributed by atoms with Crippen LogP contribution in [0.4, 0.5) is 0 Å². The first-order chi connectivity index (χ1) is 7.04. The van der Waals surface area contributed by atoms with Crippen LogP contribution in [0.2, 0.25) is 0 Å². The average Bonchev–Trinajstić information content (AvgIpc) is 2.14. The van der Waals surface area contributed by atoms with Gasteiger partial charge in [0.15, 0.2) is 0 Å². The monoisotopic (exact) mass is 336 g/mol. The molecule has 5 heteroatoms. The van der Waals surface area contributed by atoms with Gasteiger partial charge in [0, 0.05) is 6.42 Å². The summed E-state index contributed by atoms with van der Waals surface area (Å²) in [6.45, 7) is 1.91. The molecule has 1 aromatic carbocycles. The Morgan fingerprint density at radius 1 is 1.40 bits per heavy atom. The lowest BCUT2D eigenvalue weighted by Gasteiger charge is -2.06. The Balaban J connectivity index is 2.83.